The average molecular weight is 496 g/mol. The second kappa shape index (κ2) is 9.30. The molecule has 10 heteroatoms. The van der Waals surface area contributed by atoms with Crippen LogP contribution in [0.5, 0.6) is 0 Å². The van der Waals surface area contributed by atoms with Crippen LogP contribution in [0.1, 0.15) is 39.2 Å². The molecule has 37 heavy (non-hydrogen) atoms. The fourth-order valence-electron chi connectivity index (χ4n) is 4.70. The second-order valence-electron chi connectivity index (χ2n) is 9.23. The lowest BCUT2D eigenvalue weighted by molar-refractivity contribution is -0.125. The summed E-state index contributed by atoms with van der Waals surface area (Å²) in [6.07, 6.45) is 8.71. The number of imidazole rings is 1. The number of pyridine rings is 1. The van der Waals surface area contributed by atoms with Gasteiger partial charge in [-0.25, -0.2) is 15.0 Å². The largest absolute Gasteiger partial charge is 0.369 e. The Kier molecular flexibility index (Phi) is 6.00. The first-order valence-corrected chi connectivity index (χ1v) is 11.7. The van der Waals surface area contributed by atoms with Crippen LogP contribution in [-0.2, 0) is 11.2 Å². The predicted octanol–water partition coefficient (Wildman–Crippen LogP) is 2.97. The number of benzene rings is 1. The monoisotopic (exact) mass is 495 g/mol. The predicted molar refractivity (Wildman–Crippen MR) is 140 cm³/mol. The Balaban J connectivity index is 1.42. The average Bonchev–Trinajstić information content (AvgIpc) is 3.36. The number of hydrogen-bond donors (Lipinski definition) is 4. The summed E-state index contributed by atoms with van der Waals surface area (Å²) >= 11 is 0. The summed E-state index contributed by atoms with van der Waals surface area (Å²) in [5.41, 5.74) is 9.67. The molecule has 0 bridgehead atoms. The Morgan fingerprint density at radius 3 is 2.78 bits per heavy atom. The van der Waals surface area contributed by atoms with Crippen LogP contribution >= 0.6 is 0 Å². The van der Waals surface area contributed by atoms with E-state index in [1.165, 1.54) is 12.7 Å². The third-order valence-corrected chi connectivity index (χ3v) is 6.65. The van der Waals surface area contributed by atoms with Gasteiger partial charge in [0.1, 0.15) is 11.8 Å². The van der Waals surface area contributed by atoms with Crippen molar-refractivity contribution in [1.82, 2.24) is 24.9 Å². The van der Waals surface area contributed by atoms with Crippen LogP contribution in [0.2, 0.25) is 0 Å². The number of aryl methyl sites for hydroxylation is 2. The molecule has 1 atom stereocenters. The summed E-state index contributed by atoms with van der Waals surface area (Å²) < 4.78 is 0. The zero-order valence-electron chi connectivity index (χ0n) is 20.3. The van der Waals surface area contributed by atoms with Crippen LogP contribution in [0.25, 0.3) is 16.7 Å². The number of amides is 2. The van der Waals surface area contributed by atoms with Gasteiger partial charge in [-0.3, -0.25) is 14.4 Å². The first-order chi connectivity index (χ1) is 17.8. The van der Waals surface area contributed by atoms with Crippen LogP contribution in [-0.4, -0.2) is 36.7 Å². The molecule has 1 aliphatic rings. The van der Waals surface area contributed by atoms with Crippen molar-refractivity contribution in [3.63, 3.8) is 0 Å². The zero-order valence-corrected chi connectivity index (χ0v) is 20.3. The molecule has 0 radical (unpaired) electrons. The Morgan fingerprint density at radius 2 is 2.00 bits per heavy atom. The maximum Gasteiger partial charge on any atom is 0.256 e. The molecule has 0 saturated heterocycles. The summed E-state index contributed by atoms with van der Waals surface area (Å²) in [6.45, 7) is 3.67. The van der Waals surface area contributed by atoms with E-state index in [2.05, 4.69) is 30.2 Å². The molecule has 5 N–H and O–H groups in total. The SMILES string of the molecule is Cc1cc(C)c(CC2(C(N)=O)C=CC=C(c3cccc(C(=O)Nc4ncnc5nc[nH]c45)c3)C2)c(=O)[nH]1. The highest BCUT2D eigenvalue weighted by molar-refractivity contribution is 6.07. The number of H-pyrrole nitrogens is 2. The van der Waals surface area contributed by atoms with Crippen molar-refractivity contribution in [2.24, 2.45) is 11.1 Å². The number of nitrogens with two attached hydrogens (primary N) is 1. The fourth-order valence-corrected chi connectivity index (χ4v) is 4.70. The van der Waals surface area contributed by atoms with E-state index in [-0.39, 0.29) is 24.3 Å². The Bertz CT molecular complexity index is 1660. The first kappa shape index (κ1) is 23.9. The zero-order chi connectivity index (χ0) is 26.2. The lowest BCUT2D eigenvalue weighted by atomic mass is 9.71. The van der Waals surface area contributed by atoms with Gasteiger partial charge in [0, 0.05) is 16.8 Å². The number of carbonyl (C=O) groups is 2. The fraction of sp³-hybridized carbons (Fsp3) is 0.185. The minimum Gasteiger partial charge on any atom is -0.369 e. The number of rotatable bonds is 6. The smallest absolute Gasteiger partial charge is 0.256 e. The molecule has 0 fully saturated rings. The van der Waals surface area contributed by atoms with Gasteiger partial charge >= 0.3 is 0 Å². The quantitative estimate of drug-likeness (QED) is 0.322. The molecule has 1 unspecified atom stereocenters. The van der Waals surface area contributed by atoms with Crippen LogP contribution < -0.4 is 16.6 Å². The molecule has 3 aromatic heterocycles. The van der Waals surface area contributed by atoms with Crippen LogP contribution in [0, 0.1) is 19.3 Å². The third-order valence-electron chi connectivity index (χ3n) is 6.65. The minimum absolute atomic E-state index is 0.172. The molecule has 3 heterocycles. The van der Waals surface area contributed by atoms with Gasteiger partial charge in [-0.15, -0.1) is 0 Å². The summed E-state index contributed by atoms with van der Waals surface area (Å²) in [6, 6.07) is 8.97. The van der Waals surface area contributed by atoms with Gasteiger partial charge in [0.2, 0.25) is 5.91 Å². The number of fused-ring (bicyclic) bond motifs is 1. The highest BCUT2D eigenvalue weighted by Gasteiger charge is 2.38. The van der Waals surface area contributed by atoms with E-state index in [1.54, 1.807) is 30.4 Å². The number of nitrogens with one attached hydrogen (secondary N) is 3. The second-order valence-corrected chi connectivity index (χ2v) is 9.23. The number of allylic oxidation sites excluding steroid dienone is 3. The van der Waals surface area contributed by atoms with E-state index >= 15 is 0 Å². The standard InChI is InChI=1S/C27H25N7O3/c1-15-9-16(2)33-25(36)20(15)12-27(26(28)37)8-4-7-19(11-27)17-5-3-6-18(10-17)24(35)34-23-21-22(30-13-29-21)31-14-32-23/h3-10,13-14H,11-12H2,1-2H3,(H2,28,37)(H,33,36)(H2,29,30,31,32,34,35). The molecule has 1 aromatic carbocycles. The number of carbonyl (C=O) groups excluding carboxylic acids is 2. The molecule has 0 aliphatic heterocycles. The maximum atomic E-state index is 13.0. The summed E-state index contributed by atoms with van der Waals surface area (Å²) in [4.78, 5) is 56.5. The van der Waals surface area contributed by atoms with Crippen molar-refractivity contribution in [2.45, 2.75) is 26.7 Å². The van der Waals surface area contributed by atoms with Gasteiger partial charge < -0.3 is 21.0 Å². The van der Waals surface area contributed by atoms with Crippen molar-refractivity contribution in [2.75, 3.05) is 5.32 Å². The van der Waals surface area contributed by atoms with Crippen molar-refractivity contribution in [1.29, 1.82) is 0 Å². The maximum absolute atomic E-state index is 13.0. The van der Waals surface area contributed by atoms with E-state index in [9.17, 15) is 14.4 Å². The van der Waals surface area contributed by atoms with Gasteiger partial charge in [0.15, 0.2) is 11.5 Å². The number of nitrogens with zero attached hydrogens (tertiary/aromatic N) is 3. The normalized spacial score (nSPS) is 17.0. The molecule has 1 aliphatic carbocycles. The molecule has 10 nitrogen and oxygen atoms in total. The topological polar surface area (TPSA) is 160 Å². The molecular formula is C27H25N7O3. The molecule has 0 spiro atoms. The van der Waals surface area contributed by atoms with Gasteiger partial charge in [-0.05, 0) is 61.6 Å². The Labute approximate surface area is 211 Å². The molecule has 5 rings (SSSR count). The lowest BCUT2D eigenvalue weighted by Crippen LogP contribution is -2.40. The molecule has 0 saturated carbocycles. The van der Waals surface area contributed by atoms with Gasteiger partial charge in [-0.2, -0.15) is 0 Å². The van der Waals surface area contributed by atoms with E-state index < -0.39 is 11.3 Å². The van der Waals surface area contributed by atoms with Gasteiger partial charge in [-0.1, -0.05) is 30.4 Å². The number of aromatic amines is 2. The number of anilines is 1. The summed E-state index contributed by atoms with van der Waals surface area (Å²) in [5.74, 6) is -0.550. The summed E-state index contributed by atoms with van der Waals surface area (Å²) in [7, 11) is 0. The summed E-state index contributed by atoms with van der Waals surface area (Å²) in [5, 5.41) is 2.79. The van der Waals surface area contributed by atoms with Crippen LogP contribution in [0.3, 0.4) is 0 Å². The van der Waals surface area contributed by atoms with Crippen molar-refractivity contribution < 1.29 is 9.59 Å². The number of aromatic nitrogens is 5. The highest BCUT2D eigenvalue weighted by atomic mass is 16.2. The first-order valence-electron chi connectivity index (χ1n) is 11.7. The lowest BCUT2D eigenvalue weighted by Gasteiger charge is -2.31. The van der Waals surface area contributed by atoms with Crippen LogP contribution in [0.15, 0.2) is 66.0 Å². The number of hydrogen-bond acceptors (Lipinski definition) is 6. The highest BCUT2D eigenvalue weighted by Crippen LogP contribution is 2.39. The molecular weight excluding hydrogens is 470 g/mol. The van der Waals surface area contributed by atoms with E-state index in [4.69, 9.17) is 5.73 Å². The van der Waals surface area contributed by atoms with E-state index in [0.717, 1.165) is 22.4 Å². The number of primary amides is 1. The van der Waals surface area contributed by atoms with E-state index in [1.807, 2.05) is 32.1 Å². The molecule has 2 amide bonds. The van der Waals surface area contributed by atoms with Crippen molar-refractivity contribution in [3.05, 3.63) is 99.5 Å². The third kappa shape index (κ3) is 4.56. The Morgan fingerprint density at radius 1 is 1.16 bits per heavy atom. The van der Waals surface area contributed by atoms with Crippen molar-refractivity contribution >= 4 is 34.4 Å². The van der Waals surface area contributed by atoms with Crippen molar-refractivity contribution in [3.8, 4) is 0 Å². The molecule has 4 aromatic rings. The van der Waals surface area contributed by atoms with Gasteiger partial charge in [0.25, 0.3) is 11.5 Å². The molecule has 186 valence electrons. The van der Waals surface area contributed by atoms with Crippen LogP contribution in [0.4, 0.5) is 5.82 Å². The minimum atomic E-state index is -1.08. The van der Waals surface area contributed by atoms with Gasteiger partial charge in [0.05, 0.1) is 11.7 Å². The Hall–Kier alpha value is -4.86. The van der Waals surface area contributed by atoms with E-state index in [0.29, 0.717) is 28.1 Å².